The first-order valence-corrected chi connectivity index (χ1v) is 10.2. The largest absolute Gasteiger partial charge is 0.445 e. The molecule has 31 heavy (non-hydrogen) atoms. The third-order valence-corrected chi connectivity index (χ3v) is 5.13. The second-order valence-corrected chi connectivity index (χ2v) is 7.66. The number of nitrogens with zero attached hydrogens (tertiary/aromatic N) is 3. The first-order valence-electron chi connectivity index (χ1n) is 10.2. The van der Waals surface area contributed by atoms with Crippen LogP contribution in [0.1, 0.15) is 18.4 Å². The summed E-state index contributed by atoms with van der Waals surface area (Å²) in [4.78, 5) is 51.6. The summed E-state index contributed by atoms with van der Waals surface area (Å²) in [6, 6.07) is 6.73. The zero-order valence-electron chi connectivity index (χ0n) is 18.3. The number of ether oxygens (including phenoxy) is 1. The molecule has 2 rings (SSSR count). The molecule has 1 unspecified atom stereocenters. The molecule has 0 bridgehead atoms. The summed E-state index contributed by atoms with van der Waals surface area (Å²) in [6.07, 6.45) is 2.00. The zero-order valence-corrected chi connectivity index (χ0v) is 18.3. The van der Waals surface area contributed by atoms with Gasteiger partial charge in [-0.15, -0.1) is 0 Å². The van der Waals surface area contributed by atoms with Gasteiger partial charge in [-0.3, -0.25) is 19.3 Å². The SMILES string of the molecule is CN(C=O)CCN(C)C(=O)OCc1ccc(NC(=O)CNC(=O)C2CCCN2C)cc1. The van der Waals surface area contributed by atoms with E-state index in [2.05, 4.69) is 10.6 Å². The quantitative estimate of drug-likeness (QED) is 0.520. The second-order valence-electron chi connectivity index (χ2n) is 7.66. The van der Waals surface area contributed by atoms with E-state index in [1.807, 2.05) is 11.9 Å². The van der Waals surface area contributed by atoms with Crippen LogP contribution in [0.4, 0.5) is 10.5 Å². The normalized spacial score (nSPS) is 15.8. The lowest BCUT2D eigenvalue weighted by atomic mass is 10.2. The van der Waals surface area contributed by atoms with Crippen molar-refractivity contribution in [1.29, 1.82) is 0 Å². The Morgan fingerprint density at radius 2 is 1.90 bits per heavy atom. The van der Waals surface area contributed by atoms with Gasteiger partial charge < -0.3 is 25.2 Å². The number of nitrogens with one attached hydrogen (secondary N) is 2. The summed E-state index contributed by atoms with van der Waals surface area (Å²) in [7, 11) is 5.14. The third-order valence-electron chi connectivity index (χ3n) is 5.13. The molecular weight excluding hydrogens is 402 g/mol. The number of rotatable bonds is 10. The number of hydrogen-bond donors (Lipinski definition) is 2. The van der Waals surface area contributed by atoms with Crippen molar-refractivity contribution < 1.29 is 23.9 Å². The number of carbonyl (C=O) groups excluding carboxylic acids is 4. The number of amides is 4. The molecule has 1 aliphatic heterocycles. The number of likely N-dealkylation sites (tertiary alicyclic amines) is 1. The van der Waals surface area contributed by atoms with Crippen molar-refractivity contribution in [1.82, 2.24) is 20.0 Å². The molecule has 1 saturated heterocycles. The first kappa shape index (κ1) is 24.1. The monoisotopic (exact) mass is 433 g/mol. The maximum atomic E-state index is 12.1. The van der Waals surface area contributed by atoms with Crippen LogP contribution in [0.3, 0.4) is 0 Å². The number of benzene rings is 1. The molecule has 1 aromatic rings. The van der Waals surface area contributed by atoms with E-state index in [0.717, 1.165) is 24.9 Å². The van der Waals surface area contributed by atoms with E-state index in [0.29, 0.717) is 25.2 Å². The van der Waals surface area contributed by atoms with Gasteiger partial charge in [0.25, 0.3) is 0 Å². The summed E-state index contributed by atoms with van der Waals surface area (Å²) in [5, 5.41) is 5.40. The van der Waals surface area contributed by atoms with Crippen LogP contribution >= 0.6 is 0 Å². The molecule has 1 atom stereocenters. The predicted octanol–water partition coefficient (Wildman–Crippen LogP) is 0.492. The minimum Gasteiger partial charge on any atom is -0.445 e. The van der Waals surface area contributed by atoms with Crippen LogP contribution in [0.2, 0.25) is 0 Å². The lowest BCUT2D eigenvalue weighted by Gasteiger charge is -2.19. The van der Waals surface area contributed by atoms with E-state index >= 15 is 0 Å². The Morgan fingerprint density at radius 1 is 1.19 bits per heavy atom. The molecule has 10 heteroatoms. The average molecular weight is 434 g/mol. The van der Waals surface area contributed by atoms with E-state index in [4.69, 9.17) is 4.74 Å². The topological polar surface area (TPSA) is 111 Å². The summed E-state index contributed by atoms with van der Waals surface area (Å²) in [5.41, 5.74) is 1.35. The molecule has 2 N–H and O–H groups in total. The van der Waals surface area contributed by atoms with Crippen molar-refractivity contribution in [2.45, 2.75) is 25.5 Å². The van der Waals surface area contributed by atoms with Crippen molar-refractivity contribution in [2.24, 2.45) is 0 Å². The minimum absolute atomic E-state index is 0.0891. The lowest BCUT2D eigenvalue weighted by molar-refractivity contribution is -0.127. The van der Waals surface area contributed by atoms with E-state index in [1.54, 1.807) is 38.4 Å². The molecule has 0 radical (unpaired) electrons. The highest BCUT2D eigenvalue weighted by Gasteiger charge is 2.27. The van der Waals surface area contributed by atoms with Crippen LogP contribution in [0, 0.1) is 0 Å². The fraction of sp³-hybridized carbons (Fsp3) is 0.524. The molecule has 170 valence electrons. The molecule has 0 aromatic heterocycles. The summed E-state index contributed by atoms with van der Waals surface area (Å²) >= 11 is 0. The molecule has 1 fully saturated rings. The average Bonchev–Trinajstić information content (AvgIpc) is 3.20. The van der Waals surface area contributed by atoms with Gasteiger partial charge in [-0.05, 0) is 44.1 Å². The van der Waals surface area contributed by atoms with Gasteiger partial charge >= 0.3 is 6.09 Å². The smallest absolute Gasteiger partial charge is 0.409 e. The fourth-order valence-electron chi connectivity index (χ4n) is 3.12. The van der Waals surface area contributed by atoms with Crippen LogP contribution in [-0.4, -0.2) is 92.4 Å². The molecule has 1 heterocycles. The van der Waals surface area contributed by atoms with Gasteiger partial charge in [-0.25, -0.2) is 4.79 Å². The molecule has 1 aromatic carbocycles. The standard InChI is InChI=1S/C21H31N5O5/c1-24(15-27)11-12-26(3)21(30)31-14-16-6-8-17(9-7-16)23-19(28)13-22-20(29)18-5-4-10-25(18)2/h6-9,15,18H,4-5,10-14H2,1-3H3,(H,22,29)(H,23,28). The van der Waals surface area contributed by atoms with Crippen LogP contribution in [0.25, 0.3) is 0 Å². The fourth-order valence-corrected chi connectivity index (χ4v) is 3.12. The summed E-state index contributed by atoms with van der Waals surface area (Å²) < 4.78 is 5.24. The molecule has 0 saturated carbocycles. The Morgan fingerprint density at radius 3 is 2.52 bits per heavy atom. The Bertz CT molecular complexity index is 770. The number of likely N-dealkylation sites (N-methyl/N-ethyl adjacent to an activating group) is 3. The predicted molar refractivity (Wildman–Crippen MR) is 115 cm³/mol. The highest BCUT2D eigenvalue weighted by Crippen LogP contribution is 2.14. The van der Waals surface area contributed by atoms with Crippen molar-refractivity contribution in [3.05, 3.63) is 29.8 Å². The van der Waals surface area contributed by atoms with E-state index in [1.165, 1.54) is 9.80 Å². The lowest BCUT2D eigenvalue weighted by Crippen LogP contribution is -2.44. The maximum Gasteiger partial charge on any atom is 0.409 e. The maximum absolute atomic E-state index is 12.1. The molecule has 1 aliphatic rings. The summed E-state index contributed by atoms with van der Waals surface area (Å²) in [5.74, 6) is -0.440. The van der Waals surface area contributed by atoms with Gasteiger partial charge in [0.15, 0.2) is 0 Å². The van der Waals surface area contributed by atoms with Gasteiger partial charge in [0.05, 0.1) is 12.6 Å². The first-order chi connectivity index (χ1) is 14.8. The molecular formula is C21H31N5O5. The van der Waals surface area contributed by atoms with Gasteiger partial charge in [0, 0.05) is 32.9 Å². The van der Waals surface area contributed by atoms with Crippen molar-refractivity contribution in [3.8, 4) is 0 Å². The van der Waals surface area contributed by atoms with E-state index in [9.17, 15) is 19.2 Å². The molecule has 0 aliphatic carbocycles. The number of anilines is 1. The third kappa shape index (κ3) is 7.89. The Hall–Kier alpha value is -3.14. The van der Waals surface area contributed by atoms with Crippen molar-refractivity contribution >= 4 is 30.0 Å². The Kier molecular flexibility index (Phi) is 9.26. The number of hydrogen-bond acceptors (Lipinski definition) is 6. The van der Waals surface area contributed by atoms with Gasteiger partial charge in [-0.2, -0.15) is 0 Å². The van der Waals surface area contributed by atoms with Gasteiger partial charge in [0.1, 0.15) is 6.61 Å². The highest BCUT2D eigenvalue weighted by molar-refractivity contribution is 5.95. The Balaban J connectivity index is 1.71. The number of carbonyl (C=O) groups is 4. The summed E-state index contributed by atoms with van der Waals surface area (Å²) in [6.45, 7) is 1.67. The van der Waals surface area contributed by atoms with Crippen molar-refractivity contribution in [3.63, 3.8) is 0 Å². The Labute approximate surface area is 182 Å². The van der Waals surface area contributed by atoms with Crippen LogP contribution in [0.5, 0.6) is 0 Å². The van der Waals surface area contributed by atoms with Gasteiger partial charge in [-0.1, -0.05) is 12.1 Å². The zero-order chi connectivity index (χ0) is 22.8. The minimum atomic E-state index is -0.486. The van der Waals surface area contributed by atoms with E-state index < -0.39 is 6.09 Å². The highest BCUT2D eigenvalue weighted by atomic mass is 16.6. The second kappa shape index (κ2) is 11.9. The van der Waals surface area contributed by atoms with Gasteiger partial charge in [0.2, 0.25) is 18.2 Å². The molecule has 10 nitrogen and oxygen atoms in total. The van der Waals surface area contributed by atoms with Crippen LogP contribution in [-0.2, 0) is 25.7 Å². The molecule has 4 amide bonds. The van der Waals surface area contributed by atoms with Crippen molar-refractivity contribution in [2.75, 3.05) is 52.6 Å². The van der Waals surface area contributed by atoms with Crippen LogP contribution in [0.15, 0.2) is 24.3 Å². The van der Waals surface area contributed by atoms with Crippen LogP contribution < -0.4 is 10.6 Å². The molecule has 0 spiro atoms. The van der Waals surface area contributed by atoms with E-state index in [-0.39, 0.29) is 31.0 Å².